The molecule has 1 aromatic heterocycles. The Labute approximate surface area is 337 Å². The number of carbonyl (C=O) groups is 8. The van der Waals surface area contributed by atoms with Gasteiger partial charge in [-0.15, -0.1) is 0 Å². The summed E-state index contributed by atoms with van der Waals surface area (Å²) in [5.74, 6) is -8.84. The minimum absolute atomic E-state index is 0.00128. The van der Waals surface area contributed by atoms with E-state index in [1.807, 2.05) is 0 Å². The number of aliphatic carboxylic acids is 1. The van der Waals surface area contributed by atoms with E-state index in [2.05, 4.69) is 31.2 Å². The highest BCUT2D eigenvalue weighted by molar-refractivity contribution is 6.38. The molecule has 2 aliphatic heterocycles. The molecule has 0 bridgehead atoms. The summed E-state index contributed by atoms with van der Waals surface area (Å²) in [5, 5.41) is 20.1. The monoisotopic (exact) mass is 806 g/mol. The number of nitrogens with one attached hydrogen (secondary N) is 4. The zero-order chi connectivity index (χ0) is 42.5. The molecular weight excluding hydrogens is 752 g/mol. The van der Waals surface area contributed by atoms with Gasteiger partial charge in [-0.05, 0) is 30.2 Å². The van der Waals surface area contributed by atoms with Crippen LogP contribution in [0.3, 0.4) is 0 Å². The van der Waals surface area contributed by atoms with Crippen molar-refractivity contribution in [3.8, 4) is 0 Å². The molecule has 0 spiro atoms. The molecule has 18 nitrogen and oxygen atoms in total. The molecule has 18 heteroatoms. The van der Waals surface area contributed by atoms with Crippen LogP contribution in [0.2, 0.25) is 0 Å². The number of amides is 6. The molecule has 5 N–H and O–H groups in total. The molecule has 0 radical (unpaired) electrons. The molecule has 1 unspecified atom stereocenters. The van der Waals surface area contributed by atoms with E-state index in [1.165, 1.54) is 23.5 Å². The molecule has 0 aliphatic carbocycles. The van der Waals surface area contributed by atoms with Crippen molar-refractivity contribution in [1.82, 2.24) is 41.0 Å². The standard InChI is InChI=1S/C40H54N8O10/c1-6-10-27(33(49)37(53)44-28(40(56)57)21-25-11-8-7-9-12-25)43-36(52)32-26(38(54)47-17-19-58-20-18-47)13-16-48(32)39(55)31(24(4)5)46-35(51)30(23(2)3)45-34(50)29-22-41-14-15-42-29/h7-9,11-12,14-15,22-24,26-28,30-32H,6,10,13,16-21H2,1-5H3,(H,43,52)(H,44,53)(H,45,50)(H,46,51)(H,56,57)/t26-,27?,28-,30-,31-,32-/m0/s1. The van der Waals surface area contributed by atoms with Gasteiger partial charge in [-0.1, -0.05) is 71.4 Å². The van der Waals surface area contributed by atoms with E-state index in [4.69, 9.17) is 4.74 Å². The third kappa shape index (κ3) is 11.6. The maximum absolute atomic E-state index is 14.5. The molecule has 2 fully saturated rings. The Kier molecular flexibility index (Phi) is 16.4. The summed E-state index contributed by atoms with van der Waals surface area (Å²) in [6.07, 6.45) is 4.32. The highest BCUT2D eigenvalue weighted by Gasteiger charge is 2.49. The lowest BCUT2D eigenvalue weighted by molar-refractivity contribution is -0.149. The number of rotatable bonds is 18. The number of aromatic nitrogens is 2. The second-order valence-electron chi connectivity index (χ2n) is 15.1. The van der Waals surface area contributed by atoms with Crippen LogP contribution in [0.25, 0.3) is 0 Å². The van der Waals surface area contributed by atoms with Gasteiger partial charge < -0.3 is 40.9 Å². The summed E-state index contributed by atoms with van der Waals surface area (Å²) in [5.41, 5.74) is 0.607. The average Bonchev–Trinajstić information content (AvgIpc) is 3.67. The zero-order valence-electron chi connectivity index (χ0n) is 33.5. The summed E-state index contributed by atoms with van der Waals surface area (Å²) < 4.78 is 5.41. The number of carboxylic acid groups (broad SMARTS) is 1. The minimum Gasteiger partial charge on any atom is -0.480 e. The van der Waals surface area contributed by atoms with Gasteiger partial charge in [-0.25, -0.2) is 9.78 Å². The van der Waals surface area contributed by atoms with E-state index in [0.29, 0.717) is 12.0 Å². The lowest BCUT2D eigenvalue weighted by Gasteiger charge is -2.35. The Morgan fingerprint density at radius 3 is 2.10 bits per heavy atom. The van der Waals surface area contributed by atoms with E-state index in [1.54, 1.807) is 69.9 Å². The van der Waals surface area contributed by atoms with Gasteiger partial charge in [-0.2, -0.15) is 0 Å². The van der Waals surface area contributed by atoms with Gasteiger partial charge in [0.15, 0.2) is 0 Å². The van der Waals surface area contributed by atoms with Crippen LogP contribution in [-0.2, 0) is 44.7 Å². The van der Waals surface area contributed by atoms with Crippen LogP contribution in [-0.4, -0.2) is 135 Å². The molecular formula is C40H54N8O10. The summed E-state index contributed by atoms with van der Waals surface area (Å²) >= 11 is 0. The van der Waals surface area contributed by atoms with Crippen molar-refractivity contribution in [2.45, 2.75) is 90.5 Å². The minimum atomic E-state index is -1.44. The summed E-state index contributed by atoms with van der Waals surface area (Å²) in [4.78, 5) is 119. The average molecular weight is 807 g/mol. The van der Waals surface area contributed by atoms with Gasteiger partial charge >= 0.3 is 5.97 Å². The predicted molar refractivity (Wildman–Crippen MR) is 207 cm³/mol. The van der Waals surface area contributed by atoms with Crippen molar-refractivity contribution in [3.05, 3.63) is 60.2 Å². The van der Waals surface area contributed by atoms with Gasteiger partial charge in [-0.3, -0.25) is 38.5 Å². The normalized spacial score (nSPS) is 18.7. The fourth-order valence-electron chi connectivity index (χ4n) is 6.99. The molecule has 4 rings (SSSR count). The number of Topliss-reactive ketones (excluding diaryl/α,β-unsaturated/α-hetero) is 1. The maximum atomic E-state index is 14.5. The molecule has 6 amide bonds. The Morgan fingerprint density at radius 2 is 1.52 bits per heavy atom. The van der Waals surface area contributed by atoms with Crippen LogP contribution < -0.4 is 21.3 Å². The van der Waals surface area contributed by atoms with Gasteiger partial charge in [0, 0.05) is 38.4 Å². The Bertz CT molecular complexity index is 1790. The van der Waals surface area contributed by atoms with Crippen molar-refractivity contribution >= 4 is 47.2 Å². The lowest BCUT2D eigenvalue weighted by Crippen LogP contribution is -2.61. The number of hydrogen-bond acceptors (Lipinski definition) is 11. The summed E-state index contributed by atoms with van der Waals surface area (Å²) in [6, 6.07) is 1.98. The molecule has 2 aromatic rings. The third-order valence-corrected chi connectivity index (χ3v) is 10.2. The quantitative estimate of drug-likeness (QED) is 0.126. The van der Waals surface area contributed by atoms with Crippen molar-refractivity contribution in [2.24, 2.45) is 17.8 Å². The van der Waals surface area contributed by atoms with E-state index >= 15 is 0 Å². The highest BCUT2D eigenvalue weighted by Crippen LogP contribution is 2.29. The number of nitrogens with zero attached hydrogens (tertiary/aromatic N) is 4. The van der Waals surface area contributed by atoms with Crippen LogP contribution >= 0.6 is 0 Å². The first-order valence-corrected chi connectivity index (χ1v) is 19.6. The second-order valence-corrected chi connectivity index (χ2v) is 15.1. The summed E-state index contributed by atoms with van der Waals surface area (Å²) in [6.45, 7) is 9.62. The molecule has 3 heterocycles. The maximum Gasteiger partial charge on any atom is 0.326 e. The number of ether oxygens (including phenoxy) is 1. The third-order valence-electron chi connectivity index (χ3n) is 10.2. The molecule has 2 saturated heterocycles. The second kappa shape index (κ2) is 21.1. The molecule has 58 heavy (non-hydrogen) atoms. The number of hydrogen-bond donors (Lipinski definition) is 5. The van der Waals surface area contributed by atoms with E-state index in [-0.39, 0.29) is 57.8 Å². The SMILES string of the molecule is CCCC(NC(=O)[C@@H]1[C@@H](C(=O)N2CCOCC2)CCN1C(=O)[C@@H](NC(=O)[C@@H](NC(=O)c1cnccn1)C(C)C)C(C)C)C(=O)C(=O)N[C@@H](Cc1ccccc1)C(=O)O. The van der Waals surface area contributed by atoms with Crippen LogP contribution in [0.4, 0.5) is 0 Å². The molecule has 1 aromatic carbocycles. The topological polar surface area (TPSA) is 246 Å². The fourth-order valence-corrected chi connectivity index (χ4v) is 6.99. The fraction of sp³-hybridized carbons (Fsp3) is 0.550. The number of benzene rings is 1. The van der Waals surface area contributed by atoms with Crippen LogP contribution in [0.15, 0.2) is 48.9 Å². The van der Waals surface area contributed by atoms with Gasteiger partial charge in [0.2, 0.25) is 29.4 Å². The first-order chi connectivity index (χ1) is 27.6. The predicted octanol–water partition coefficient (Wildman–Crippen LogP) is 0.114. The smallest absolute Gasteiger partial charge is 0.326 e. The van der Waals surface area contributed by atoms with Gasteiger partial charge in [0.05, 0.1) is 31.4 Å². The van der Waals surface area contributed by atoms with E-state index in [9.17, 15) is 43.5 Å². The first kappa shape index (κ1) is 44.9. The van der Waals surface area contributed by atoms with Crippen molar-refractivity contribution < 1.29 is 48.2 Å². The molecule has 0 saturated carbocycles. The largest absolute Gasteiger partial charge is 0.480 e. The van der Waals surface area contributed by atoms with Crippen molar-refractivity contribution in [2.75, 3.05) is 32.8 Å². The Hall–Kier alpha value is -5.78. The molecule has 314 valence electrons. The molecule has 2 aliphatic rings. The Morgan fingerprint density at radius 1 is 0.845 bits per heavy atom. The Balaban J connectivity index is 1.58. The van der Waals surface area contributed by atoms with E-state index in [0.717, 1.165) is 0 Å². The van der Waals surface area contributed by atoms with Gasteiger partial charge in [0.25, 0.3) is 11.8 Å². The lowest BCUT2D eigenvalue weighted by atomic mass is 9.95. The number of morpholine rings is 1. The first-order valence-electron chi connectivity index (χ1n) is 19.6. The van der Waals surface area contributed by atoms with Crippen LogP contribution in [0, 0.1) is 17.8 Å². The van der Waals surface area contributed by atoms with Crippen molar-refractivity contribution in [1.29, 1.82) is 0 Å². The van der Waals surface area contributed by atoms with E-state index < -0.39 is 95.2 Å². The van der Waals surface area contributed by atoms with Crippen molar-refractivity contribution in [3.63, 3.8) is 0 Å². The number of ketones is 1. The van der Waals surface area contributed by atoms with Crippen LogP contribution in [0.1, 0.15) is 69.9 Å². The number of carbonyl (C=O) groups excluding carboxylic acids is 7. The highest BCUT2D eigenvalue weighted by atomic mass is 16.5. The van der Waals surface area contributed by atoms with Gasteiger partial charge in [0.1, 0.15) is 29.9 Å². The summed E-state index contributed by atoms with van der Waals surface area (Å²) in [7, 11) is 0. The molecule has 6 atom stereocenters. The zero-order valence-corrected chi connectivity index (χ0v) is 33.5. The number of carboxylic acids is 1. The van der Waals surface area contributed by atoms with Crippen LogP contribution in [0.5, 0.6) is 0 Å². The number of likely N-dealkylation sites (tertiary alicyclic amines) is 1.